The lowest BCUT2D eigenvalue weighted by atomic mass is 10.1. The Balaban J connectivity index is 1.91. The van der Waals surface area contributed by atoms with E-state index in [1.807, 2.05) is 39.0 Å². The lowest BCUT2D eigenvalue weighted by molar-refractivity contribution is 0.0530. The second-order valence-electron chi connectivity index (χ2n) is 5.98. The number of hydrogen-bond donors (Lipinski definition) is 3. The van der Waals surface area contributed by atoms with Crippen LogP contribution in [-0.2, 0) is 4.74 Å². The van der Waals surface area contributed by atoms with Gasteiger partial charge in [0, 0.05) is 47.6 Å². The van der Waals surface area contributed by atoms with Gasteiger partial charge >= 0.3 is 6.09 Å². The first-order valence-electron chi connectivity index (χ1n) is 7.20. The van der Waals surface area contributed by atoms with Gasteiger partial charge < -0.3 is 21.1 Å². The van der Waals surface area contributed by atoms with Crippen molar-refractivity contribution < 1.29 is 9.53 Å². The van der Waals surface area contributed by atoms with Gasteiger partial charge in [-0.25, -0.2) is 4.79 Å². The van der Waals surface area contributed by atoms with Gasteiger partial charge in [0.25, 0.3) is 0 Å². The summed E-state index contributed by atoms with van der Waals surface area (Å²) in [6, 6.07) is 5.67. The summed E-state index contributed by atoms with van der Waals surface area (Å²) in [5.41, 5.74) is 7.10. The van der Waals surface area contributed by atoms with Crippen molar-refractivity contribution in [2.75, 3.05) is 24.1 Å². The minimum absolute atomic E-state index is 0.416. The Bertz CT molecular complexity index is 665. The number of carbonyl (C=O) groups is 1. The first-order chi connectivity index (χ1) is 10.4. The van der Waals surface area contributed by atoms with Crippen LogP contribution in [0.15, 0.2) is 30.6 Å². The van der Waals surface area contributed by atoms with Gasteiger partial charge in [0.2, 0.25) is 0 Å². The third kappa shape index (κ3) is 4.25. The number of nitrogens with one attached hydrogen (secondary N) is 2. The molecule has 0 unspecified atom stereocenters. The fourth-order valence-corrected chi connectivity index (χ4v) is 2.04. The van der Waals surface area contributed by atoms with Gasteiger partial charge in [-0.05, 0) is 39.0 Å². The molecule has 0 fully saturated rings. The number of amides is 1. The molecule has 0 aliphatic rings. The number of nitrogens with zero attached hydrogens (tertiary/aromatic N) is 1. The highest BCUT2D eigenvalue weighted by Gasteiger charge is 2.15. The summed E-state index contributed by atoms with van der Waals surface area (Å²) < 4.78 is 5.17. The number of benzene rings is 1. The molecule has 2 rings (SSSR count). The summed E-state index contributed by atoms with van der Waals surface area (Å²) in [6.07, 6.45) is 3.06. The van der Waals surface area contributed by atoms with Crippen LogP contribution in [0.2, 0.25) is 0 Å². The third-order valence-electron chi connectivity index (χ3n) is 2.96. The van der Waals surface area contributed by atoms with E-state index in [1.165, 1.54) is 0 Å². The normalized spacial score (nSPS) is 11.2. The van der Waals surface area contributed by atoms with E-state index in [-0.39, 0.29) is 0 Å². The molecule has 0 aliphatic heterocycles. The molecule has 0 saturated carbocycles. The molecule has 1 heterocycles. The Morgan fingerprint density at radius 1 is 1.23 bits per heavy atom. The van der Waals surface area contributed by atoms with Gasteiger partial charge in [0.15, 0.2) is 0 Å². The van der Waals surface area contributed by atoms with Gasteiger partial charge in [0.05, 0.1) is 0 Å². The van der Waals surface area contributed by atoms with Gasteiger partial charge in [-0.3, -0.25) is 4.98 Å². The number of fused-ring (bicyclic) bond motifs is 1. The maximum Gasteiger partial charge on any atom is 0.407 e. The molecule has 6 heteroatoms. The summed E-state index contributed by atoms with van der Waals surface area (Å²) in [6.45, 7) is 6.55. The highest BCUT2D eigenvalue weighted by Crippen LogP contribution is 2.27. The fraction of sp³-hybridized carbons (Fsp3) is 0.375. The van der Waals surface area contributed by atoms with Crippen molar-refractivity contribution in [2.45, 2.75) is 26.4 Å². The van der Waals surface area contributed by atoms with Gasteiger partial charge in [-0.1, -0.05) is 0 Å². The van der Waals surface area contributed by atoms with E-state index >= 15 is 0 Å². The first kappa shape index (κ1) is 15.9. The van der Waals surface area contributed by atoms with Crippen LogP contribution in [0.3, 0.4) is 0 Å². The van der Waals surface area contributed by atoms with Crippen molar-refractivity contribution in [3.63, 3.8) is 0 Å². The zero-order valence-electron chi connectivity index (χ0n) is 13.1. The van der Waals surface area contributed by atoms with Crippen LogP contribution in [0.5, 0.6) is 0 Å². The zero-order chi connectivity index (χ0) is 16.2. The molecular weight excluding hydrogens is 280 g/mol. The molecule has 0 atom stereocenters. The van der Waals surface area contributed by atoms with Crippen LogP contribution in [-0.4, -0.2) is 29.8 Å². The maximum atomic E-state index is 11.5. The Hall–Kier alpha value is -2.50. The van der Waals surface area contributed by atoms with E-state index in [2.05, 4.69) is 15.6 Å². The molecule has 0 aliphatic carbocycles. The van der Waals surface area contributed by atoms with E-state index in [1.54, 1.807) is 12.4 Å². The molecule has 6 nitrogen and oxygen atoms in total. The molecule has 1 amide bonds. The molecular formula is C16H22N4O2. The number of pyridine rings is 1. The molecule has 118 valence electrons. The number of aromatic nitrogens is 1. The number of ether oxygens (including phenoxy) is 1. The highest BCUT2D eigenvalue weighted by molar-refractivity contribution is 6.00. The summed E-state index contributed by atoms with van der Waals surface area (Å²) in [5.74, 6) is 0. The van der Waals surface area contributed by atoms with E-state index < -0.39 is 11.7 Å². The minimum Gasteiger partial charge on any atom is -0.444 e. The summed E-state index contributed by atoms with van der Waals surface area (Å²) >= 11 is 0. The predicted octanol–water partition coefficient (Wildman–Crippen LogP) is 2.75. The number of alkyl carbamates (subject to hydrolysis) is 1. The van der Waals surface area contributed by atoms with Gasteiger partial charge in [0.1, 0.15) is 5.60 Å². The molecule has 0 bridgehead atoms. The van der Waals surface area contributed by atoms with E-state index in [4.69, 9.17) is 10.5 Å². The number of nitrogen functional groups attached to an aromatic ring is 1. The summed E-state index contributed by atoms with van der Waals surface area (Å²) in [4.78, 5) is 15.6. The highest BCUT2D eigenvalue weighted by atomic mass is 16.6. The fourth-order valence-electron chi connectivity index (χ4n) is 2.04. The molecule has 0 spiro atoms. The zero-order valence-corrected chi connectivity index (χ0v) is 13.1. The van der Waals surface area contributed by atoms with Crippen LogP contribution in [0, 0.1) is 0 Å². The van der Waals surface area contributed by atoms with Crippen LogP contribution in [0.25, 0.3) is 10.8 Å². The van der Waals surface area contributed by atoms with Crippen molar-refractivity contribution in [1.29, 1.82) is 0 Å². The van der Waals surface area contributed by atoms with Crippen molar-refractivity contribution in [1.82, 2.24) is 10.3 Å². The number of anilines is 2. The Morgan fingerprint density at radius 3 is 2.73 bits per heavy atom. The lowest BCUT2D eigenvalue weighted by Gasteiger charge is -2.19. The number of carbonyl (C=O) groups excluding carboxylic acids is 1. The van der Waals surface area contributed by atoms with Gasteiger partial charge in [-0.2, -0.15) is 0 Å². The van der Waals surface area contributed by atoms with Crippen molar-refractivity contribution in [3.8, 4) is 0 Å². The first-order valence-corrected chi connectivity index (χ1v) is 7.20. The van der Waals surface area contributed by atoms with Crippen LogP contribution in [0.1, 0.15) is 20.8 Å². The average molecular weight is 302 g/mol. The minimum atomic E-state index is -0.488. The van der Waals surface area contributed by atoms with Crippen molar-refractivity contribution in [2.24, 2.45) is 0 Å². The van der Waals surface area contributed by atoms with Crippen molar-refractivity contribution in [3.05, 3.63) is 30.6 Å². The molecule has 4 N–H and O–H groups in total. The molecule has 1 aromatic heterocycles. The predicted molar refractivity (Wildman–Crippen MR) is 88.9 cm³/mol. The Kier molecular flexibility index (Phi) is 4.70. The van der Waals surface area contributed by atoms with Crippen LogP contribution < -0.4 is 16.4 Å². The average Bonchev–Trinajstić information content (AvgIpc) is 2.44. The third-order valence-corrected chi connectivity index (χ3v) is 2.96. The van der Waals surface area contributed by atoms with E-state index in [0.717, 1.165) is 16.5 Å². The number of rotatable bonds is 4. The molecule has 1 aromatic carbocycles. The topological polar surface area (TPSA) is 89.3 Å². The lowest BCUT2D eigenvalue weighted by Crippen LogP contribution is -2.35. The summed E-state index contributed by atoms with van der Waals surface area (Å²) in [5, 5.41) is 7.90. The number of nitrogens with two attached hydrogens (primary N) is 1. The quantitative estimate of drug-likeness (QED) is 0.597. The molecule has 2 aromatic rings. The largest absolute Gasteiger partial charge is 0.444 e. The Labute approximate surface area is 130 Å². The van der Waals surface area contributed by atoms with E-state index in [0.29, 0.717) is 18.8 Å². The van der Waals surface area contributed by atoms with Crippen LogP contribution >= 0.6 is 0 Å². The smallest absolute Gasteiger partial charge is 0.407 e. The monoisotopic (exact) mass is 302 g/mol. The second kappa shape index (κ2) is 6.51. The Morgan fingerprint density at radius 2 is 2.00 bits per heavy atom. The van der Waals surface area contributed by atoms with Crippen molar-refractivity contribution >= 4 is 28.2 Å². The maximum absolute atomic E-state index is 11.5. The second-order valence-corrected chi connectivity index (χ2v) is 5.98. The molecule has 0 saturated heterocycles. The molecule has 22 heavy (non-hydrogen) atoms. The SMILES string of the molecule is CC(C)(C)OC(=O)NCCNc1ccc(N)c2cnccc12. The number of hydrogen-bond acceptors (Lipinski definition) is 5. The standard InChI is InChI=1S/C16H22N4O2/c1-16(2,3)22-15(21)20-9-8-19-14-5-4-13(17)12-10-18-7-6-11(12)14/h4-7,10,19H,8-9,17H2,1-3H3,(H,20,21). The van der Waals surface area contributed by atoms with Crippen LogP contribution in [0.4, 0.5) is 16.2 Å². The van der Waals surface area contributed by atoms with E-state index in [9.17, 15) is 4.79 Å². The summed E-state index contributed by atoms with van der Waals surface area (Å²) in [7, 11) is 0. The molecule has 0 radical (unpaired) electrons. The van der Waals surface area contributed by atoms with Gasteiger partial charge in [-0.15, -0.1) is 0 Å².